The molecular weight excluding hydrogens is 648 g/mol. The minimum absolute atomic E-state index is 0.167. The average Bonchev–Trinajstić information content (AvgIpc) is 3.36. The second kappa shape index (κ2) is 15.1. The molecule has 0 spiro atoms. The fourth-order valence-corrected chi connectivity index (χ4v) is 7.38. The fraction of sp³-hybridized carbons (Fsp3) is 0.459. The summed E-state index contributed by atoms with van der Waals surface area (Å²) in [4.78, 5) is 37.6. The molecule has 2 aromatic carbocycles. The Balaban J connectivity index is 1.70. The van der Waals surface area contributed by atoms with Crippen LogP contribution in [-0.4, -0.2) is 76.8 Å². The lowest BCUT2D eigenvalue weighted by molar-refractivity contribution is -0.438. The van der Waals surface area contributed by atoms with Gasteiger partial charge in [-0.05, 0) is 88.4 Å². The molecule has 2 N–H and O–H groups in total. The van der Waals surface area contributed by atoms with Gasteiger partial charge in [-0.2, -0.15) is 4.58 Å². The molecule has 264 valence electrons. The summed E-state index contributed by atoms with van der Waals surface area (Å²) in [5.41, 5.74) is 4.59. The number of hydrogen-bond donors (Lipinski definition) is 2. The zero-order valence-electron chi connectivity index (χ0n) is 28.8. The third-order valence-corrected chi connectivity index (χ3v) is 10.2. The molecule has 0 aromatic heterocycles. The maximum atomic E-state index is 11.9. The molecule has 0 fully saturated rings. The first-order valence-electron chi connectivity index (χ1n) is 16.6. The molecule has 4 rings (SSSR count). The van der Waals surface area contributed by atoms with E-state index in [4.69, 9.17) is 4.74 Å². The van der Waals surface area contributed by atoms with E-state index in [0.29, 0.717) is 39.0 Å². The Morgan fingerprint density at radius 2 is 1.55 bits per heavy atom. The molecule has 0 amide bonds. The number of carboxylic acid groups (broad SMARTS) is 2. The Labute approximate surface area is 288 Å². The zero-order chi connectivity index (χ0) is 36.1. The van der Waals surface area contributed by atoms with Crippen molar-refractivity contribution >= 4 is 45.1 Å². The number of allylic oxidation sites excluding steroid dienone is 4. The first kappa shape index (κ1) is 37.5. The number of fused-ring (bicyclic) bond motifs is 2. The summed E-state index contributed by atoms with van der Waals surface area (Å²) >= 11 is 0. The minimum Gasteiger partial charge on any atom is -0.748 e. The van der Waals surface area contributed by atoms with Gasteiger partial charge in [0.15, 0.2) is 5.71 Å². The first-order chi connectivity index (χ1) is 23.0. The summed E-state index contributed by atoms with van der Waals surface area (Å²) in [6.07, 6.45) is 9.27. The Bertz CT molecular complexity index is 1820. The molecule has 2 aliphatic heterocycles. The molecule has 2 aliphatic rings. The van der Waals surface area contributed by atoms with Crippen LogP contribution in [0.25, 0.3) is 0 Å². The van der Waals surface area contributed by atoms with E-state index in [1.807, 2.05) is 38.1 Å². The van der Waals surface area contributed by atoms with E-state index in [0.717, 1.165) is 46.8 Å². The molecule has 49 heavy (non-hydrogen) atoms. The monoisotopic (exact) mass is 694 g/mol. The van der Waals surface area contributed by atoms with E-state index in [9.17, 15) is 37.6 Å². The van der Waals surface area contributed by atoms with Crippen molar-refractivity contribution in [3.05, 3.63) is 82.6 Å². The predicted octanol–water partition coefficient (Wildman–Crippen LogP) is 6.15. The Kier molecular flexibility index (Phi) is 11.6. The lowest BCUT2D eigenvalue weighted by atomic mass is 9.80. The number of esters is 1. The Morgan fingerprint density at radius 1 is 0.898 bits per heavy atom. The van der Waals surface area contributed by atoms with Gasteiger partial charge in [0, 0.05) is 59.6 Å². The minimum atomic E-state index is -4.34. The number of anilines is 1. The zero-order valence-corrected chi connectivity index (χ0v) is 29.6. The quantitative estimate of drug-likeness (QED) is 0.0902. The van der Waals surface area contributed by atoms with Crippen LogP contribution in [0.15, 0.2) is 60.3 Å². The molecule has 12 heteroatoms. The number of hydrogen-bond acceptors (Lipinski definition) is 8. The number of carbonyl (C=O) groups is 3. The smallest absolute Gasteiger partial charge is 0.335 e. The van der Waals surface area contributed by atoms with Crippen molar-refractivity contribution in [2.45, 2.75) is 84.0 Å². The number of unbranched alkanes of at least 4 members (excludes halogenated alkanes) is 3. The second-order valence-corrected chi connectivity index (χ2v) is 15.0. The summed E-state index contributed by atoms with van der Waals surface area (Å²) in [5, 5.41) is 19.4. The highest BCUT2D eigenvalue weighted by molar-refractivity contribution is 7.85. The molecule has 0 atom stereocenters. The van der Waals surface area contributed by atoms with Gasteiger partial charge in [0.25, 0.3) is 0 Å². The van der Waals surface area contributed by atoms with Gasteiger partial charge < -0.3 is 24.4 Å². The molecule has 0 bridgehead atoms. The van der Waals surface area contributed by atoms with Crippen LogP contribution < -0.4 is 4.90 Å². The highest BCUT2D eigenvalue weighted by Gasteiger charge is 2.45. The predicted molar refractivity (Wildman–Crippen MR) is 186 cm³/mol. The maximum Gasteiger partial charge on any atom is 0.335 e. The van der Waals surface area contributed by atoms with Crippen LogP contribution in [-0.2, 0) is 30.5 Å². The van der Waals surface area contributed by atoms with Gasteiger partial charge in [-0.3, -0.25) is 4.79 Å². The van der Waals surface area contributed by atoms with Crippen molar-refractivity contribution in [2.24, 2.45) is 0 Å². The summed E-state index contributed by atoms with van der Waals surface area (Å²) in [7, 11) is -4.34. The second-order valence-electron chi connectivity index (χ2n) is 13.5. The number of carbonyl (C=O) groups excluding carboxylic acids is 1. The molecule has 0 aliphatic carbocycles. The SMILES string of the molecule is CCOC(=O)CCCCC[N+]1=C(/C=C/C=C2/N(CCCCS(=O)(=O)[O-])c3ccc(C(=O)O)cc3C2(C)C)C(C)(C)c2cc(C(=O)O)ccc21. The van der Waals surface area contributed by atoms with Crippen LogP contribution in [0.2, 0.25) is 0 Å². The van der Waals surface area contributed by atoms with Gasteiger partial charge in [-0.25, -0.2) is 18.0 Å². The third kappa shape index (κ3) is 8.48. The first-order valence-corrected chi connectivity index (χ1v) is 18.2. The largest absolute Gasteiger partial charge is 0.748 e. The molecule has 2 heterocycles. The van der Waals surface area contributed by atoms with Crippen molar-refractivity contribution in [3.8, 4) is 0 Å². The number of carboxylic acids is 2. The Morgan fingerprint density at radius 3 is 2.18 bits per heavy atom. The molecule has 0 saturated carbocycles. The summed E-state index contributed by atoms with van der Waals surface area (Å²) in [6.45, 7) is 11.4. The van der Waals surface area contributed by atoms with E-state index in [1.54, 1.807) is 37.3 Å². The van der Waals surface area contributed by atoms with Gasteiger partial charge in [0.1, 0.15) is 6.54 Å². The molecule has 2 aromatic rings. The van der Waals surface area contributed by atoms with Crippen molar-refractivity contribution in [2.75, 3.05) is 30.3 Å². The van der Waals surface area contributed by atoms with Gasteiger partial charge >= 0.3 is 17.9 Å². The normalized spacial score (nSPS) is 17.1. The number of benzene rings is 2. The Hall–Kier alpha value is -4.29. The van der Waals surface area contributed by atoms with Crippen molar-refractivity contribution in [1.29, 1.82) is 0 Å². The van der Waals surface area contributed by atoms with E-state index < -0.39 is 38.6 Å². The third-order valence-electron chi connectivity index (χ3n) is 9.38. The van der Waals surface area contributed by atoms with Crippen LogP contribution >= 0.6 is 0 Å². The van der Waals surface area contributed by atoms with Gasteiger partial charge in [-0.15, -0.1) is 0 Å². The van der Waals surface area contributed by atoms with E-state index in [1.165, 1.54) is 0 Å². The van der Waals surface area contributed by atoms with Crippen LogP contribution in [0.4, 0.5) is 11.4 Å². The highest BCUT2D eigenvalue weighted by atomic mass is 32.2. The average molecular weight is 695 g/mol. The van der Waals surface area contributed by atoms with Crippen LogP contribution in [0, 0.1) is 0 Å². The maximum absolute atomic E-state index is 11.9. The number of rotatable bonds is 16. The van der Waals surface area contributed by atoms with E-state index >= 15 is 0 Å². The van der Waals surface area contributed by atoms with Gasteiger partial charge in [-0.1, -0.05) is 19.9 Å². The fourth-order valence-electron chi connectivity index (χ4n) is 6.83. The van der Waals surface area contributed by atoms with Crippen molar-refractivity contribution in [1.82, 2.24) is 0 Å². The van der Waals surface area contributed by atoms with E-state index in [2.05, 4.69) is 23.3 Å². The van der Waals surface area contributed by atoms with Crippen molar-refractivity contribution < 1.29 is 46.9 Å². The van der Waals surface area contributed by atoms with Gasteiger partial charge in [0.05, 0.1) is 33.3 Å². The molecular formula is C37H46N2O9S. The standard InChI is InChI=1S/C37H46N2O9S/c1-6-48-33(40)15-8-7-9-20-38-29-18-16-25(34(41)42)23-27(29)36(2,3)31(38)13-12-14-32-37(4,5)28-24-26(35(43)44)17-19-30(28)39(32)21-10-11-22-49(45,46)47/h12-14,16-19,23-24H,6-11,15,20-22H2,1-5H3,(H2-,41,42,43,44,45,46,47). The molecule has 0 radical (unpaired) electrons. The number of nitrogens with zero attached hydrogens (tertiary/aromatic N) is 2. The topological polar surface area (TPSA) is 164 Å². The number of aromatic carboxylic acids is 2. The van der Waals surface area contributed by atoms with Crippen LogP contribution in [0.5, 0.6) is 0 Å². The summed E-state index contributed by atoms with van der Waals surface area (Å²) in [5.74, 6) is -2.70. The molecule has 11 nitrogen and oxygen atoms in total. The summed E-state index contributed by atoms with van der Waals surface area (Å²) < 4.78 is 40.9. The molecule has 0 saturated heterocycles. The lowest BCUT2D eigenvalue weighted by Gasteiger charge is -2.27. The summed E-state index contributed by atoms with van der Waals surface area (Å²) in [6, 6.07) is 10.2. The lowest BCUT2D eigenvalue weighted by Crippen LogP contribution is -2.28. The van der Waals surface area contributed by atoms with Gasteiger partial charge in [0.2, 0.25) is 5.69 Å². The highest BCUT2D eigenvalue weighted by Crippen LogP contribution is 2.48. The van der Waals surface area contributed by atoms with Crippen LogP contribution in [0.3, 0.4) is 0 Å². The molecule has 0 unspecified atom stereocenters. The van der Waals surface area contributed by atoms with Crippen molar-refractivity contribution in [3.63, 3.8) is 0 Å². The number of ether oxygens (including phenoxy) is 1. The van der Waals surface area contributed by atoms with Crippen LogP contribution in [0.1, 0.15) is 105 Å². The van der Waals surface area contributed by atoms with E-state index in [-0.39, 0.29) is 23.5 Å².